The van der Waals surface area contributed by atoms with Crippen LogP contribution in [0.1, 0.15) is 5.82 Å². The fourth-order valence-corrected chi connectivity index (χ4v) is 4.08. The first kappa shape index (κ1) is 25.6. The topological polar surface area (TPSA) is 154 Å². The number of aromatic amines is 1. The van der Waals surface area contributed by atoms with Crippen LogP contribution >= 0.6 is 0 Å². The normalized spacial score (nSPS) is 18.4. The van der Waals surface area contributed by atoms with Gasteiger partial charge >= 0.3 is 17.9 Å². The Kier molecular flexibility index (Phi) is 9.33. The number of aromatic nitrogens is 2. The Hall–Kier alpha value is -3.06. The van der Waals surface area contributed by atoms with E-state index in [1.165, 1.54) is 0 Å². The molecule has 1 aromatic heterocycles. The number of carbonyl (C=O) groups is 3. The van der Waals surface area contributed by atoms with Gasteiger partial charge in [0, 0.05) is 52.4 Å². The molecule has 12 heteroatoms. The zero-order valence-electron chi connectivity index (χ0n) is 19.1. The van der Waals surface area contributed by atoms with Gasteiger partial charge in [0.05, 0.1) is 37.2 Å². The smallest absolute Gasteiger partial charge is 0.317 e. The number of hydrogen-bond donors (Lipinski definition) is 4. The molecule has 2 heterocycles. The number of hydrogen-bond acceptors (Lipinski definition) is 8. The standard InChI is InChI=1S/C22H32N6O6/c29-20(30)14-26-7-5-25(13-19-23-17-3-1-2-4-18(17)24-19)6-8-27(15-21(31)32)10-12-28(11-9-26)16-22(33)34/h1-4H,5-16H2,(H,23,24)(H,29,30)(H,31,32)(H,33,34). The summed E-state index contributed by atoms with van der Waals surface area (Å²) in [5.74, 6) is -2.06. The molecule has 0 saturated carbocycles. The minimum absolute atomic E-state index is 0.134. The molecule has 0 aliphatic carbocycles. The molecule has 2 aromatic rings. The molecule has 186 valence electrons. The molecule has 4 N–H and O–H groups in total. The van der Waals surface area contributed by atoms with Crippen molar-refractivity contribution in [3.05, 3.63) is 30.1 Å². The van der Waals surface area contributed by atoms with E-state index in [2.05, 4.69) is 14.9 Å². The lowest BCUT2D eigenvalue weighted by molar-refractivity contribution is -0.140. The number of rotatable bonds is 8. The Morgan fingerprint density at radius 1 is 0.706 bits per heavy atom. The molecule has 1 saturated heterocycles. The molecule has 12 nitrogen and oxygen atoms in total. The van der Waals surface area contributed by atoms with Crippen molar-refractivity contribution in [1.29, 1.82) is 0 Å². The van der Waals surface area contributed by atoms with Gasteiger partial charge in [-0.2, -0.15) is 0 Å². The first-order valence-corrected chi connectivity index (χ1v) is 11.3. The van der Waals surface area contributed by atoms with Crippen LogP contribution in [0.3, 0.4) is 0 Å². The molecule has 1 fully saturated rings. The lowest BCUT2D eigenvalue weighted by Crippen LogP contribution is -2.48. The van der Waals surface area contributed by atoms with E-state index in [0.29, 0.717) is 58.9 Å². The summed E-state index contributed by atoms with van der Waals surface area (Å²) in [5.41, 5.74) is 1.80. The number of nitrogens with one attached hydrogen (secondary N) is 1. The maximum atomic E-state index is 11.4. The first-order valence-electron chi connectivity index (χ1n) is 11.3. The van der Waals surface area contributed by atoms with Crippen LogP contribution in [0, 0.1) is 0 Å². The highest BCUT2D eigenvalue weighted by atomic mass is 16.4. The van der Waals surface area contributed by atoms with Crippen molar-refractivity contribution in [1.82, 2.24) is 29.6 Å². The molecular formula is C22H32N6O6. The fourth-order valence-electron chi connectivity index (χ4n) is 4.08. The highest BCUT2D eigenvalue weighted by molar-refractivity contribution is 5.74. The third kappa shape index (κ3) is 8.37. The molecular weight excluding hydrogens is 444 g/mol. The second-order valence-corrected chi connectivity index (χ2v) is 8.49. The molecule has 34 heavy (non-hydrogen) atoms. The van der Waals surface area contributed by atoms with Gasteiger partial charge in [-0.15, -0.1) is 0 Å². The Morgan fingerprint density at radius 2 is 1.12 bits per heavy atom. The van der Waals surface area contributed by atoms with E-state index in [1.54, 1.807) is 14.7 Å². The van der Waals surface area contributed by atoms with Crippen molar-refractivity contribution in [3.63, 3.8) is 0 Å². The minimum atomic E-state index is -0.973. The van der Waals surface area contributed by atoms with Crippen molar-refractivity contribution in [2.45, 2.75) is 6.54 Å². The maximum absolute atomic E-state index is 11.4. The number of H-pyrrole nitrogens is 1. The number of nitrogens with zero attached hydrogens (tertiary/aromatic N) is 5. The van der Waals surface area contributed by atoms with Gasteiger partial charge in [-0.25, -0.2) is 4.98 Å². The summed E-state index contributed by atoms with van der Waals surface area (Å²) in [7, 11) is 0. The number of carboxylic acids is 3. The van der Waals surface area contributed by atoms with Crippen LogP contribution in [0.4, 0.5) is 0 Å². The van der Waals surface area contributed by atoms with Crippen LogP contribution < -0.4 is 0 Å². The monoisotopic (exact) mass is 476 g/mol. The van der Waals surface area contributed by atoms with E-state index in [9.17, 15) is 29.7 Å². The summed E-state index contributed by atoms with van der Waals surface area (Å²) < 4.78 is 0. The van der Waals surface area contributed by atoms with Gasteiger partial charge in [-0.1, -0.05) is 12.1 Å². The predicted molar refractivity (Wildman–Crippen MR) is 124 cm³/mol. The molecule has 0 atom stereocenters. The van der Waals surface area contributed by atoms with Gasteiger partial charge in [0.1, 0.15) is 5.82 Å². The molecule has 0 amide bonds. The third-order valence-corrected chi connectivity index (χ3v) is 5.82. The maximum Gasteiger partial charge on any atom is 0.317 e. The van der Waals surface area contributed by atoms with Crippen LogP contribution in [0.15, 0.2) is 24.3 Å². The zero-order valence-corrected chi connectivity index (χ0v) is 19.1. The lowest BCUT2D eigenvalue weighted by atomic mass is 10.3. The van der Waals surface area contributed by atoms with E-state index in [1.807, 2.05) is 24.3 Å². The third-order valence-electron chi connectivity index (χ3n) is 5.82. The second kappa shape index (κ2) is 12.4. The van der Waals surface area contributed by atoms with E-state index >= 15 is 0 Å². The molecule has 0 bridgehead atoms. The number of fused-ring (bicyclic) bond motifs is 1. The number of carboxylic acid groups (broad SMARTS) is 3. The Labute approximate surface area is 197 Å². The van der Waals surface area contributed by atoms with E-state index in [-0.39, 0.29) is 19.6 Å². The van der Waals surface area contributed by atoms with Crippen LogP contribution in [-0.4, -0.2) is 135 Å². The molecule has 0 radical (unpaired) electrons. The highest BCUT2D eigenvalue weighted by Crippen LogP contribution is 2.12. The number of imidazole rings is 1. The summed E-state index contributed by atoms with van der Waals surface area (Å²) in [6.45, 7) is 3.70. The molecule has 1 aliphatic heterocycles. The van der Waals surface area contributed by atoms with Crippen molar-refractivity contribution < 1.29 is 29.7 Å². The molecule has 3 rings (SSSR count). The van der Waals surface area contributed by atoms with Gasteiger partial charge in [0.2, 0.25) is 0 Å². The van der Waals surface area contributed by atoms with Gasteiger partial charge in [-0.3, -0.25) is 34.0 Å². The van der Waals surface area contributed by atoms with Crippen LogP contribution in [0.5, 0.6) is 0 Å². The summed E-state index contributed by atoms with van der Waals surface area (Å²) in [6, 6.07) is 7.73. The van der Waals surface area contributed by atoms with Gasteiger partial charge in [-0.05, 0) is 12.1 Å². The average Bonchev–Trinajstić information content (AvgIpc) is 3.17. The van der Waals surface area contributed by atoms with Crippen LogP contribution in [0.2, 0.25) is 0 Å². The zero-order chi connectivity index (χ0) is 24.5. The number of benzene rings is 1. The quantitative estimate of drug-likeness (QED) is 0.391. The Bertz CT molecular complexity index is 917. The Morgan fingerprint density at radius 3 is 1.53 bits per heavy atom. The average molecular weight is 477 g/mol. The SMILES string of the molecule is O=C(O)CN1CCN(CC(=O)O)CCN(Cc2nc3ccccc3[nH]2)CCN(CC(=O)O)CC1. The summed E-state index contributed by atoms with van der Waals surface area (Å²) >= 11 is 0. The summed E-state index contributed by atoms with van der Waals surface area (Å²) in [6.07, 6.45) is 0. The summed E-state index contributed by atoms with van der Waals surface area (Å²) in [5, 5.41) is 27.9. The van der Waals surface area contributed by atoms with Crippen molar-refractivity contribution in [3.8, 4) is 0 Å². The molecule has 0 unspecified atom stereocenters. The van der Waals surface area contributed by atoms with Gasteiger partial charge in [0.15, 0.2) is 0 Å². The second-order valence-electron chi connectivity index (χ2n) is 8.49. The van der Waals surface area contributed by atoms with E-state index in [4.69, 9.17) is 0 Å². The summed E-state index contributed by atoms with van der Waals surface area (Å²) in [4.78, 5) is 49.4. The van der Waals surface area contributed by atoms with Crippen LogP contribution in [0.25, 0.3) is 11.0 Å². The first-order chi connectivity index (χ1) is 16.3. The van der Waals surface area contributed by atoms with Crippen molar-refractivity contribution >= 4 is 28.9 Å². The number of para-hydroxylation sites is 2. The molecule has 1 aromatic carbocycles. The highest BCUT2D eigenvalue weighted by Gasteiger charge is 2.20. The van der Waals surface area contributed by atoms with E-state index in [0.717, 1.165) is 16.9 Å². The van der Waals surface area contributed by atoms with Crippen LogP contribution in [-0.2, 0) is 20.9 Å². The minimum Gasteiger partial charge on any atom is -0.480 e. The lowest BCUT2D eigenvalue weighted by Gasteiger charge is -2.32. The van der Waals surface area contributed by atoms with Gasteiger partial charge in [0.25, 0.3) is 0 Å². The van der Waals surface area contributed by atoms with Crippen molar-refractivity contribution in [2.75, 3.05) is 72.0 Å². The van der Waals surface area contributed by atoms with Gasteiger partial charge < -0.3 is 20.3 Å². The Balaban J connectivity index is 1.75. The predicted octanol–water partition coefficient (Wildman–Crippen LogP) is -0.462. The molecule has 0 spiro atoms. The van der Waals surface area contributed by atoms with E-state index < -0.39 is 17.9 Å². The largest absolute Gasteiger partial charge is 0.480 e. The molecule has 1 aliphatic rings. The fraction of sp³-hybridized carbons (Fsp3) is 0.545. The van der Waals surface area contributed by atoms with Crippen molar-refractivity contribution in [2.24, 2.45) is 0 Å². The number of aliphatic carboxylic acids is 3.